The van der Waals surface area contributed by atoms with Crippen LogP contribution < -0.4 is 0 Å². The number of fused-ring (bicyclic) bond motifs is 1. The van der Waals surface area contributed by atoms with Gasteiger partial charge in [0.15, 0.2) is 5.78 Å². The maximum atomic E-state index is 13.5. The van der Waals surface area contributed by atoms with Gasteiger partial charge in [-0.1, -0.05) is 44.5 Å². The van der Waals surface area contributed by atoms with Crippen molar-refractivity contribution in [1.82, 2.24) is 19.4 Å². The number of benzene rings is 2. The molecular formula is C31H40N4O2. The zero-order valence-corrected chi connectivity index (χ0v) is 22.6. The maximum Gasteiger partial charge on any atom is 0.253 e. The number of carbonyl (C=O) groups is 2. The van der Waals surface area contributed by atoms with Crippen molar-refractivity contribution < 1.29 is 9.59 Å². The highest BCUT2D eigenvalue weighted by Crippen LogP contribution is 2.28. The van der Waals surface area contributed by atoms with E-state index < -0.39 is 0 Å². The number of Topliss-reactive ketones (excluding diaryl/α,β-unsaturated/α-hetero) is 1. The van der Waals surface area contributed by atoms with Gasteiger partial charge >= 0.3 is 0 Å². The third-order valence-electron chi connectivity index (χ3n) is 8.01. The monoisotopic (exact) mass is 500 g/mol. The number of amides is 1. The molecule has 2 fully saturated rings. The zero-order chi connectivity index (χ0) is 25.9. The lowest BCUT2D eigenvalue weighted by molar-refractivity contribution is 0.0623. The predicted molar refractivity (Wildman–Crippen MR) is 149 cm³/mol. The van der Waals surface area contributed by atoms with Crippen molar-refractivity contribution in [3.63, 3.8) is 0 Å². The quantitative estimate of drug-likeness (QED) is 0.379. The number of aryl methyl sites for hydroxylation is 1. The predicted octanol–water partition coefficient (Wildman–Crippen LogP) is 5.90. The molecule has 6 nitrogen and oxygen atoms in total. The average molecular weight is 501 g/mol. The highest BCUT2D eigenvalue weighted by molar-refractivity contribution is 5.98. The average Bonchev–Trinajstić information content (AvgIpc) is 3.26. The molecule has 2 unspecified atom stereocenters. The number of nitrogens with zero attached hydrogens (tertiary/aromatic N) is 4. The van der Waals surface area contributed by atoms with Gasteiger partial charge < -0.3 is 14.4 Å². The molecule has 196 valence electrons. The van der Waals surface area contributed by atoms with Crippen LogP contribution >= 0.6 is 0 Å². The van der Waals surface area contributed by atoms with E-state index >= 15 is 0 Å². The third-order valence-corrected chi connectivity index (χ3v) is 8.01. The Kier molecular flexibility index (Phi) is 7.75. The lowest BCUT2D eigenvalue weighted by Gasteiger charge is -2.35. The summed E-state index contributed by atoms with van der Waals surface area (Å²) in [6.45, 7) is 12.0. The van der Waals surface area contributed by atoms with Gasteiger partial charge in [-0.05, 0) is 82.3 Å². The molecule has 2 aliphatic rings. The highest BCUT2D eigenvalue weighted by Gasteiger charge is 2.27. The number of hydrogen-bond acceptors (Lipinski definition) is 4. The Hall–Kier alpha value is -2.99. The van der Waals surface area contributed by atoms with Gasteiger partial charge in [0.2, 0.25) is 0 Å². The number of rotatable bonds is 7. The van der Waals surface area contributed by atoms with Crippen LogP contribution in [0.5, 0.6) is 0 Å². The number of ketones is 1. The number of likely N-dealkylation sites (tertiary alicyclic amines) is 2. The molecule has 0 aliphatic carbocycles. The fraction of sp³-hybridized carbons (Fsp3) is 0.516. The summed E-state index contributed by atoms with van der Waals surface area (Å²) in [4.78, 5) is 34.9. The molecule has 1 amide bonds. The number of carbonyl (C=O) groups excluding carboxylic acids is 2. The largest absolute Gasteiger partial charge is 0.338 e. The Balaban J connectivity index is 1.46. The Bertz CT molecular complexity index is 1250. The molecule has 2 saturated heterocycles. The molecule has 0 radical (unpaired) electrons. The Morgan fingerprint density at radius 1 is 0.892 bits per heavy atom. The van der Waals surface area contributed by atoms with Gasteiger partial charge in [0, 0.05) is 36.3 Å². The van der Waals surface area contributed by atoms with Gasteiger partial charge in [0.1, 0.15) is 5.82 Å². The van der Waals surface area contributed by atoms with Crippen molar-refractivity contribution in [2.45, 2.75) is 59.4 Å². The maximum absolute atomic E-state index is 13.5. The van der Waals surface area contributed by atoms with Crippen molar-refractivity contribution in [3.05, 3.63) is 53.6 Å². The fourth-order valence-corrected chi connectivity index (χ4v) is 6.20. The van der Waals surface area contributed by atoms with Crippen molar-refractivity contribution >= 4 is 22.7 Å². The van der Waals surface area contributed by atoms with Gasteiger partial charge in [-0.2, -0.15) is 0 Å². The Morgan fingerprint density at radius 2 is 1.57 bits per heavy atom. The third kappa shape index (κ3) is 5.80. The second kappa shape index (κ2) is 11.2. The van der Waals surface area contributed by atoms with Crippen LogP contribution in [0.25, 0.3) is 22.4 Å². The molecule has 2 aliphatic heterocycles. The van der Waals surface area contributed by atoms with E-state index in [1.54, 1.807) is 6.92 Å². The molecule has 2 atom stereocenters. The lowest BCUT2D eigenvalue weighted by atomic mass is 9.91. The number of aromatic nitrogens is 2. The molecule has 0 saturated carbocycles. The molecule has 37 heavy (non-hydrogen) atoms. The van der Waals surface area contributed by atoms with Gasteiger partial charge in [0.05, 0.1) is 11.0 Å². The Labute approximate surface area is 220 Å². The number of hydrogen-bond donors (Lipinski definition) is 0. The van der Waals surface area contributed by atoms with Crippen LogP contribution in [0, 0.1) is 11.8 Å². The second-order valence-electron chi connectivity index (χ2n) is 11.3. The van der Waals surface area contributed by atoms with E-state index in [0.29, 0.717) is 17.4 Å². The highest BCUT2D eigenvalue weighted by atomic mass is 16.2. The molecule has 0 spiro atoms. The first kappa shape index (κ1) is 25.7. The van der Waals surface area contributed by atoms with E-state index in [0.717, 1.165) is 60.6 Å². The number of imidazole rings is 1. The molecule has 0 bridgehead atoms. The van der Waals surface area contributed by atoms with Crippen molar-refractivity contribution in [2.24, 2.45) is 11.8 Å². The molecule has 3 aromatic rings. The van der Waals surface area contributed by atoms with Crippen molar-refractivity contribution in [1.29, 1.82) is 0 Å². The normalized spacial score (nSPS) is 20.9. The minimum absolute atomic E-state index is 0.0612. The molecule has 1 aromatic heterocycles. The minimum Gasteiger partial charge on any atom is -0.338 e. The van der Waals surface area contributed by atoms with Crippen LogP contribution in [0.4, 0.5) is 0 Å². The standard InChI is InChI=1S/C31H40N4O2/c1-22-18-23(2)21-34(20-22)31(37)27-12-13-28-29(19-27)35(17-7-16-33-14-5-4-6-15-33)30(32-28)26-10-8-25(9-11-26)24(3)36/h8-13,19,22-23H,4-7,14-18,20-21H2,1-3H3. The minimum atomic E-state index is 0.0612. The van der Waals surface area contributed by atoms with E-state index in [4.69, 9.17) is 4.98 Å². The fourth-order valence-electron chi connectivity index (χ4n) is 6.20. The summed E-state index contributed by atoms with van der Waals surface area (Å²) >= 11 is 0. The summed E-state index contributed by atoms with van der Waals surface area (Å²) in [5, 5.41) is 0. The lowest BCUT2D eigenvalue weighted by Crippen LogP contribution is -2.42. The van der Waals surface area contributed by atoms with Gasteiger partial charge in [-0.15, -0.1) is 0 Å². The zero-order valence-electron chi connectivity index (χ0n) is 22.6. The molecule has 3 heterocycles. The summed E-state index contributed by atoms with van der Waals surface area (Å²) in [6.07, 6.45) is 6.14. The first-order chi connectivity index (χ1) is 17.9. The van der Waals surface area contributed by atoms with E-state index in [1.165, 1.54) is 38.8 Å². The van der Waals surface area contributed by atoms with Gasteiger partial charge in [0.25, 0.3) is 5.91 Å². The van der Waals surface area contributed by atoms with Gasteiger partial charge in [-0.25, -0.2) is 4.98 Å². The SMILES string of the molecule is CC(=O)c1ccc(-c2nc3ccc(C(=O)N4CC(C)CC(C)C4)cc3n2CCCN2CCCCC2)cc1. The first-order valence-corrected chi connectivity index (χ1v) is 14.0. The van der Waals surface area contributed by atoms with E-state index in [9.17, 15) is 9.59 Å². The summed E-state index contributed by atoms with van der Waals surface area (Å²) in [6, 6.07) is 13.7. The molecule has 0 N–H and O–H groups in total. The van der Waals surface area contributed by atoms with Crippen molar-refractivity contribution in [3.8, 4) is 11.4 Å². The van der Waals surface area contributed by atoms with E-state index in [2.05, 4.69) is 23.3 Å². The second-order valence-corrected chi connectivity index (χ2v) is 11.3. The smallest absolute Gasteiger partial charge is 0.253 e. The number of piperidine rings is 2. The van der Waals surface area contributed by atoms with Gasteiger partial charge in [-0.3, -0.25) is 9.59 Å². The van der Waals surface area contributed by atoms with E-state index in [1.807, 2.05) is 47.4 Å². The topological polar surface area (TPSA) is 58.4 Å². The van der Waals surface area contributed by atoms with Crippen LogP contribution in [-0.4, -0.2) is 63.8 Å². The molecular weight excluding hydrogens is 460 g/mol. The molecule has 2 aromatic carbocycles. The van der Waals surface area contributed by atoms with Crippen LogP contribution in [0.2, 0.25) is 0 Å². The summed E-state index contributed by atoms with van der Waals surface area (Å²) in [5.74, 6) is 2.14. The Morgan fingerprint density at radius 3 is 2.24 bits per heavy atom. The van der Waals surface area contributed by atoms with Crippen LogP contribution in [0.1, 0.15) is 73.6 Å². The van der Waals surface area contributed by atoms with Crippen molar-refractivity contribution in [2.75, 3.05) is 32.7 Å². The summed E-state index contributed by atoms with van der Waals surface area (Å²) in [7, 11) is 0. The first-order valence-electron chi connectivity index (χ1n) is 14.0. The van der Waals surface area contributed by atoms with Crippen LogP contribution in [-0.2, 0) is 6.54 Å². The van der Waals surface area contributed by atoms with Crippen LogP contribution in [0.15, 0.2) is 42.5 Å². The summed E-state index contributed by atoms with van der Waals surface area (Å²) < 4.78 is 2.28. The molecule has 6 heteroatoms. The van der Waals surface area contributed by atoms with Crippen LogP contribution in [0.3, 0.4) is 0 Å². The summed E-state index contributed by atoms with van der Waals surface area (Å²) in [5.41, 5.74) is 4.35. The molecule has 5 rings (SSSR count). The van der Waals surface area contributed by atoms with E-state index in [-0.39, 0.29) is 11.7 Å².